The number of nitrogen functional groups attached to an aromatic ring is 1. The molecule has 0 spiro atoms. The number of halogens is 2. The number of ether oxygens (including phenoxy) is 1. The van der Waals surface area contributed by atoms with Crippen LogP contribution in [0.5, 0.6) is 5.75 Å². The van der Waals surface area contributed by atoms with Crippen LogP contribution in [-0.2, 0) is 6.61 Å². The Balaban J connectivity index is 2.11. The lowest BCUT2D eigenvalue weighted by molar-refractivity contribution is 0.297. The highest BCUT2D eigenvalue weighted by atomic mass is 19.1. The van der Waals surface area contributed by atoms with Crippen molar-refractivity contribution in [2.75, 3.05) is 5.73 Å². The zero-order valence-corrected chi connectivity index (χ0v) is 9.91. The summed E-state index contributed by atoms with van der Waals surface area (Å²) < 4.78 is 31.8. The van der Waals surface area contributed by atoms with Crippen molar-refractivity contribution in [3.8, 4) is 5.75 Å². The summed E-state index contributed by atoms with van der Waals surface area (Å²) >= 11 is 0. The molecule has 0 atom stereocenters. The molecule has 0 saturated carbocycles. The van der Waals surface area contributed by atoms with Crippen molar-refractivity contribution in [3.05, 3.63) is 59.2 Å². The van der Waals surface area contributed by atoms with E-state index >= 15 is 0 Å². The number of aryl methyl sites for hydroxylation is 1. The molecule has 0 unspecified atom stereocenters. The normalized spacial score (nSPS) is 10.4. The summed E-state index contributed by atoms with van der Waals surface area (Å²) in [6, 6.07) is 8.63. The number of anilines is 1. The molecule has 2 N–H and O–H groups in total. The molecular formula is C14H13F2NO. The third kappa shape index (κ3) is 2.77. The number of hydrogen-bond donors (Lipinski definition) is 1. The lowest BCUT2D eigenvalue weighted by Crippen LogP contribution is -2.00. The largest absolute Gasteiger partial charge is 0.489 e. The van der Waals surface area contributed by atoms with Crippen LogP contribution in [0.2, 0.25) is 0 Å². The highest BCUT2D eigenvalue weighted by Crippen LogP contribution is 2.21. The van der Waals surface area contributed by atoms with Crippen LogP contribution in [0.15, 0.2) is 36.4 Å². The van der Waals surface area contributed by atoms with E-state index in [0.717, 1.165) is 0 Å². The fourth-order valence-corrected chi connectivity index (χ4v) is 1.61. The predicted octanol–water partition coefficient (Wildman–Crippen LogP) is 3.43. The average molecular weight is 249 g/mol. The molecule has 0 amide bonds. The van der Waals surface area contributed by atoms with E-state index in [-0.39, 0.29) is 12.4 Å². The van der Waals surface area contributed by atoms with Gasteiger partial charge in [0.15, 0.2) is 0 Å². The van der Waals surface area contributed by atoms with E-state index in [2.05, 4.69) is 0 Å². The Hall–Kier alpha value is -2.10. The summed E-state index contributed by atoms with van der Waals surface area (Å²) in [5, 5.41) is 0. The molecule has 18 heavy (non-hydrogen) atoms. The monoisotopic (exact) mass is 249 g/mol. The molecule has 0 bridgehead atoms. The van der Waals surface area contributed by atoms with Crippen LogP contribution in [0.25, 0.3) is 0 Å². The Morgan fingerprint density at radius 1 is 1.11 bits per heavy atom. The maximum atomic E-state index is 13.5. The van der Waals surface area contributed by atoms with E-state index in [1.54, 1.807) is 19.1 Å². The van der Waals surface area contributed by atoms with E-state index in [4.69, 9.17) is 10.5 Å². The van der Waals surface area contributed by atoms with Gasteiger partial charge < -0.3 is 10.5 Å². The van der Waals surface area contributed by atoms with Gasteiger partial charge in [-0.25, -0.2) is 8.78 Å². The summed E-state index contributed by atoms with van der Waals surface area (Å²) in [5.41, 5.74) is 6.90. The van der Waals surface area contributed by atoms with Gasteiger partial charge in [-0.2, -0.15) is 0 Å². The van der Waals surface area contributed by atoms with Gasteiger partial charge in [0.1, 0.15) is 24.0 Å². The SMILES string of the molecule is Cc1cc(F)ccc1OCc1ccc(N)cc1F. The summed E-state index contributed by atoms with van der Waals surface area (Å²) in [6.07, 6.45) is 0. The third-order valence-corrected chi connectivity index (χ3v) is 2.60. The highest BCUT2D eigenvalue weighted by Gasteiger charge is 2.05. The Morgan fingerprint density at radius 2 is 1.89 bits per heavy atom. The van der Waals surface area contributed by atoms with Crippen molar-refractivity contribution < 1.29 is 13.5 Å². The first-order chi connectivity index (χ1) is 8.56. The minimum absolute atomic E-state index is 0.0819. The van der Waals surface area contributed by atoms with E-state index in [9.17, 15) is 8.78 Å². The fourth-order valence-electron chi connectivity index (χ4n) is 1.61. The quantitative estimate of drug-likeness (QED) is 0.846. The van der Waals surface area contributed by atoms with Gasteiger partial charge in [0, 0.05) is 11.3 Å². The van der Waals surface area contributed by atoms with Gasteiger partial charge >= 0.3 is 0 Å². The summed E-state index contributed by atoms with van der Waals surface area (Å²) in [6.45, 7) is 1.82. The first kappa shape index (κ1) is 12.4. The highest BCUT2D eigenvalue weighted by molar-refractivity contribution is 5.40. The number of benzene rings is 2. The second kappa shape index (κ2) is 5.04. The van der Waals surface area contributed by atoms with E-state index in [0.29, 0.717) is 22.6 Å². The van der Waals surface area contributed by atoms with Crippen LogP contribution < -0.4 is 10.5 Å². The predicted molar refractivity (Wildman–Crippen MR) is 66.3 cm³/mol. The third-order valence-electron chi connectivity index (χ3n) is 2.60. The molecule has 0 aliphatic rings. The van der Waals surface area contributed by atoms with Crippen LogP contribution >= 0.6 is 0 Å². The van der Waals surface area contributed by atoms with Gasteiger partial charge in [0.05, 0.1) is 0 Å². The average Bonchev–Trinajstić information content (AvgIpc) is 2.30. The second-order valence-corrected chi connectivity index (χ2v) is 4.05. The molecule has 0 fully saturated rings. The van der Waals surface area contributed by atoms with Crippen LogP contribution in [0.1, 0.15) is 11.1 Å². The standard InChI is InChI=1S/C14H13F2NO/c1-9-6-11(15)3-5-14(9)18-8-10-2-4-12(17)7-13(10)16/h2-7H,8,17H2,1H3. The lowest BCUT2D eigenvalue weighted by atomic mass is 10.2. The maximum Gasteiger partial charge on any atom is 0.131 e. The zero-order valence-electron chi connectivity index (χ0n) is 9.91. The minimum Gasteiger partial charge on any atom is -0.489 e. The van der Waals surface area contributed by atoms with Gasteiger partial charge in [0.2, 0.25) is 0 Å². The van der Waals surface area contributed by atoms with Crippen LogP contribution in [0.3, 0.4) is 0 Å². The van der Waals surface area contributed by atoms with Crippen molar-refractivity contribution >= 4 is 5.69 Å². The molecule has 2 rings (SSSR count). The summed E-state index contributed by atoms with van der Waals surface area (Å²) in [7, 11) is 0. The van der Waals surface area contributed by atoms with Crippen molar-refractivity contribution in [3.63, 3.8) is 0 Å². The first-order valence-electron chi connectivity index (χ1n) is 5.49. The summed E-state index contributed by atoms with van der Waals surface area (Å²) in [4.78, 5) is 0. The van der Waals surface area contributed by atoms with Gasteiger partial charge in [-0.1, -0.05) is 6.07 Å². The first-order valence-corrected chi connectivity index (χ1v) is 5.49. The lowest BCUT2D eigenvalue weighted by Gasteiger charge is -2.10. The Bertz CT molecular complexity index is 518. The molecule has 0 aliphatic carbocycles. The zero-order chi connectivity index (χ0) is 13.1. The van der Waals surface area contributed by atoms with Gasteiger partial charge in [-0.15, -0.1) is 0 Å². The van der Waals surface area contributed by atoms with E-state index < -0.39 is 5.82 Å². The number of nitrogens with two attached hydrogens (primary N) is 1. The maximum absolute atomic E-state index is 13.5. The Kier molecular flexibility index (Phi) is 3.46. The molecule has 94 valence electrons. The molecule has 2 aromatic rings. The van der Waals surface area contributed by atoms with Crippen molar-refractivity contribution in [2.24, 2.45) is 0 Å². The molecular weight excluding hydrogens is 236 g/mol. The molecule has 0 aromatic heterocycles. The number of rotatable bonds is 3. The van der Waals surface area contributed by atoms with Crippen LogP contribution in [-0.4, -0.2) is 0 Å². The fraction of sp³-hybridized carbons (Fsp3) is 0.143. The van der Waals surface area contributed by atoms with Crippen LogP contribution in [0.4, 0.5) is 14.5 Å². The molecule has 2 nitrogen and oxygen atoms in total. The number of hydrogen-bond acceptors (Lipinski definition) is 2. The van der Waals surface area contributed by atoms with Gasteiger partial charge in [-0.3, -0.25) is 0 Å². The second-order valence-electron chi connectivity index (χ2n) is 4.05. The smallest absolute Gasteiger partial charge is 0.131 e. The molecule has 0 aliphatic heterocycles. The van der Waals surface area contributed by atoms with Crippen molar-refractivity contribution in [1.82, 2.24) is 0 Å². The van der Waals surface area contributed by atoms with Crippen molar-refractivity contribution in [2.45, 2.75) is 13.5 Å². The molecule has 2 aromatic carbocycles. The molecule has 0 heterocycles. The Morgan fingerprint density at radius 3 is 2.56 bits per heavy atom. The minimum atomic E-state index is -0.408. The molecule has 0 saturated heterocycles. The Labute approximate surface area is 104 Å². The van der Waals surface area contributed by atoms with Gasteiger partial charge in [-0.05, 0) is 42.8 Å². The van der Waals surface area contributed by atoms with Gasteiger partial charge in [0.25, 0.3) is 0 Å². The van der Waals surface area contributed by atoms with Crippen molar-refractivity contribution in [1.29, 1.82) is 0 Å². The molecule has 4 heteroatoms. The van der Waals surface area contributed by atoms with Crippen LogP contribution in [0, 0.1) is 18.6 Å². The van der Waals surface area contributed by atoms with E-state index in [1.165, 1.54) is 24.3 Å². The van der Waals surface area contributed by atoms with E-state index in [1.807, 2.05) is 0 Å². The molecule has 0 radical (unpaired) electrons. The topological polar surface area (TPSA) is 35.2 Å². The summed E-state index contributed by atoms with van der Waals surface area (Å²) in [5.74, 6) is -0.194.